The van der Waals surface area contributed by atoms with Gasteiger partial charge in [-0.25, -0.2) is 4.98 Å². The molecule has 0 atom stereocenters. The van der Waals surface area contributed by atoms with Gasteiger partial charge in [-0.3, -0.25) is 0 Å². The molecule has 0 unspecified atom stereocenters. The Hall–Kier alpha value is -1.91. The quantitative estimate of drug-likeness (QED) is 0.775. The van der Waals surface area contributed by atoms with Gasteiger partial charge in [0.25, 0.3) is 0 Å². The molecule has 100 valence electrons. The molecule has 1 N–H and O–H groups in total. The molecule has 0 radical (unpaired) electrons. The Morgan fingerprint density at radius 2 is 1.95 bits per heavy atom. The summed E-state index contributed by atoms with van der Waals surface area (Å²) in [5.74, 6) is 1.40. The minimum Gasteiger partial charge on any atom is -0.439 e. The first-order valence-corrected chi connectivity index (χ1v) is 6.26. The first-order valence-electron chi connectivity index (χ1n) is 6.26. The van der Waals surface area contributed by atoms with E-state index in [9.17, 15) is 0 Å². The molecule has 0 saturated carbocycles. The maximum atomic E-state index is 5.62. The van der Waals surface area contributed by atoms with Gasteiger partial charge in [0.2, 0.25) is 5.88 Å². The van der Waals surface area contributed by atoms with Crippen LogP contribution in [0.5, 0.6) is 11.6 Å². The van der Waals surface area contributed by atoms with E-state index in [0.29, 0.717) is 12.5 Å². The molecule has 0 amide bonds. The highest BCUT2D eigenvalue weighted by atomic mass is 16.5. The summed E-state index contributed by atoms with van der Waals surface area (Å²) in [6.07, 6.45) is 1.82. The van der Waals surface area contributed by atoms with Crippen molar-refractivity contribution in [3.05, 3.63) is 54.2 Å². The Labute approximate surface area is 113 Å². The average Bonchev–Trinajstić information content (AvgIpc) is 2.46. The van der Waals surface area contributed by atoms with Gasteiger partial charge in [0.15, 0.2) is 0 Å². The molecule has 0 fully saturated rings. The summed E-state index contributed by atoms with van der Waals surface area (Å²) in [4.78, 5) is 4.28. The van der Waals surface area contributed by atoms with Crippen LogP contribution in [0.25, 0.3) is 0 Å². The number of hydrogen-bond donors (Lipinski definition) is 1. The van der Waals surface area contributed by atoms with Crippen LogP contribution in [0.2, 0.25) is 0 Å². The topological polar surface area (TPSA) is 43.4 Å². The molecule has 2 rings (SSSR count). The molecule has 2 aromatic rings. The van der Waals surface area contributed by atoms with E-state index in [0.717, 1.165) is 24.4 Å². The number of aromatic nitrogens is 1. The van der Waals surface area contributed by atoms with Crippen molar-refractivity contribution in [1.82, 2.24) is 10.3 Å². The van der Waals surface area contributed by atoms with Crippen molar-refractivity contribution in [3.8, 4) is 11.6 Å². The van der Waals surface area contributed by atoms with E-state index in [2.05, 4.69) is 10.3 Å². The first kappa shape index (κ1) is 13.5. The number of nitrogens with one attached hydrogen (secondary N) is 1. The van der Waals surface area contributed by atoms with Crippen LogP contribution in [0.3, 0.4) is 0 Å². The van der Waals surface area contributed by atoms with Crippen LogP contribution < -0.4 is 10.1 Å². The maximum Gasteiger partial charge on any atom is 0.219 e. The fourth-order valence-corrected chi connectivity index (χ4v) is 1.59. The van der Waals surface area contributed by atoms with Crippen molar-refractivity contribution in [2.45, 2.75) is 6.54 Å². The summed E-state index contributed by atoms with van der Waals surface area (Å²) in [7, 11) is 1.69. The summed E-state index contributed by atoms with van der Waals surface area (Å²) in [5.41, 5.74) is 1.12. The smallest absolute Gasteiger partial charge is 0.219 e. The van der Waals surface area contributed by atoms with Gasteiger partial charge >= 0.3 is 0 Å². The zero-order valence-corrected chi connectivity index (χ0v) is 11.0. The van der Waals surface area contributed by atoms with Gasteiger partial charge in [0, 0.05) is 32.5 Å². The van der Waals surface area contributed by atoms with Gasteiger partial charge in [0.1, 0.15) is 5.75 Å². The number of nitrogens with zero attached hydrogens (tertiary/aromatic N) is 1. The second kappa shape index (κ2) is 7.51. The monoisotopic (exact) mass is 258 g/mol. The molecule has 1 aromatic carbocycles. The van der Waals surface area contributed by atoms with E-state index in [1.807, 2.05) is 48.7 Å². The van der Waals surface area contributed by atoms with Crippen molar-refractivity contribution >= 4 is 0 Å². The van der Waals surface area contributed by atoms with Crippen molar-refractivity contribution in [2.75, 3.05) is 20.3 Å². The lowest BCUT2D eigenvalue weighted by Crippen LogP contribution is -2.18. The predicted molar refractivity (Wildman–Crippen MR) is 74.3 cm³/mol. The third kappa shape index (κ3) is 4.69. The molecule has 0 saturated heterocycles. The summed E-state index contributed by atoms with van der Waals surface area (Å²) >= 11 is 0. The molecular weight excluding hydrogens is 240 g/mol. The number of pyridine rings is 1. The third-order valence-corrected chi connectivity index (χ3v) is 2.58. The van der Waals surface area contributed by atoms with E-state index in [4.69, 9.17) is 9.47 Å². The number of ether oxygens (including phenoxy) is 2. The van der Waals surface area contributed by atoms with E-state index < -0.39 is 0 Å². The highest BCUT2D eigenvalue weighted by Gasteiger charge is 1.98. The Bertz CT molecular complexity index is 471. The molecule has 4 heteroatoms. The van der Waals surface area contributed by atoms with Crippen molar-refractivity contribution < 1.29 is 9.47 Å². The lowest BCUT2D eigenvalue weighted by atomic mass is 10.3. The fraction of sp³-hybridized carbons (Fsp3) is 0.267. The zero-order chi connectivity index (χ0) is 13.3. The molecule has 0 spiro atoms. The number of rotatable bonds is 7. The Kier molecular flexibility index (Phi) is 5.34. The van der Waals surface area contributed by atoms with Crippen molar-refractivity contribution in [2.24, 2.45) is 0 Å². The number of methoxy groups -OCH3 is 1. The van der Waals surface area contributed by atoms with Crippen molar-refractivity contribution in [3.63, 3.8) is 0 Å². The average molecular weight is 258 g/mol. The molecule has 4 nitrogen and oxygen atoms in total. The SMILES string of the molecule is COCCNCc1ccc(Oc2ccccc2)nc1. The second-order valence-corrected chi connectivity index (χ2v) is 4.09. The zero-order valence-electron chi connectivity index (χ0n) is 11.0. The minimum absolute atomic E-state index is 0.604. The van der Waals surface area contributed by atoms with E-state index in [1.165, 1.54) is 0 Å². The van der Waals surface area contributed by atoms with Crippen molar-refractivity contribution in [1.29, 1.82) is 0 Å². The van der Waals surface area contributed by atoms with E-state index in [-0.39, 0.29) is 0 Å². The van der Waals surface area contributed by atoms with Gasteiger partial charge < -0.3 is 14.8 Å². The molecule has 0 aliphatic heterocycles. The van der Waals surface area contributed by atoms with Gasteiger partial charge in [-0.1, -0.05) is 24.3 Å². The molecular formula is C15H18N2O2. The van der Waals surface area contributed by atoms with Gasteiger partial charge in [-0.15, -0.1) is 0 Å². The molecule has 0 aliphatic rings. The Morgan fingerprint density at radius 3 is 2.63 bits per heavy atom. The van der Waals surface area contributed by atoms with Crippen LogP contribution in [0.4, 0.5) is 0 Å². The van der Waals surface area contributed by atoms with Gasteiger partial charge in [-0.2, -0.15) is 0 Å². The van der Waals surface area contributed by atoms with E-state index >= 15 is 0 Å². The lowest BCUT2D eigenvalue weighted by molar-refractivity contribution is 0.199. The predicted octanol–water partition coefficient (Wildman–Crippen LogP) is 2.61. The van der Waals surface area contributed by atoms with E-state index in [1.54, 1.807) is 7.11 Å². The standard InChI is InChI=1S/C15H18N2O2/c1-18-10-9-16-11-13-7-8-15(17-12-13)19-14-5-3-2-4-6-14/h2-8,12,16H,9-11H2,1H3. The summed E-state index contributed by atoms with van der Waals surface area (Å²) < 4.78 is 10.6. The largest absolute Gasteiger partial charge is 0.439 e. The number of para-hydroxylation sites is 1. The maximum absolute atomic E-state index is 5.62. The van der Waals surface area contributed by atoms with Crippen LogP contribution in [0, 0.1) is 0 Å². The molecule has 1 heterocycles. The minimum atomic E-state index is 0.604. The van der Waals surface area contributed by atoms with Gasteiger partial charge in [-0.05, 0) is 17.7 Å². The highest BCUT2D eigenvalue weighted by molar-refractivity contribution is 5.27. The first-order chi connectivity index (χ1) is 9.38. The molecule has 0 aliphatic carbocycles. The molecule has 0 bridgehead atoms. The Morgan fingerprint density at radius 1 is 1.11 bits per heavy atom. The van der Waals surface area contributed by atoms with Crippen LogP contribution in [0.15, 0.2) is 48.7 Å². The summed E-state index contributed by atoms with van der Waals surface area (Å²) in [5, 5.41) is 3.27. The summed E-state index contributed by atoms with van der Waals surface area (Å²) in [6.45, 7) is 2.32. The van der Waals surface area contributed by atoms with Crippen LogP contribution in [0.1, 0.15) is 5.56 Å². The Balaban J connectivity index is 1.84. The summed E-state index contributed by atoms with van der Waals surface area (Å²) in [6, 6.07) is 13.5. The molecule has 1 aromatic heterocycles. The van der Waals surface area contributed by atoms with Crippen LogP contribution >= 0.6 is 0 Å². The fourth-order valence-electron chi connectivity index (χ4n) is 1.59. The normalized spacial score (nSPS) is 10.4. The number of hydrogen-bond acceptors (Lipinski definition) is 4. The highest BCUT2D eigenvalue weighted by Crippen LogP contribution is 2.18. The van der Waals surface area contributed by atoms with Gasteiger partial charge in [0.05, 0.1) is 6.61 Å². The van der Waals surface area contributed by atoms with Crippen LogP contribution in [-0.4, -0.2) is 25.2 Å². The number of benzene rings is 1. The third-order valence-electron chi connectivity index (χ3n) is 2.58. The second-order valence-electron chi connectivity index (χ2n) is 4.09. The van der Waals surface area contributed by atoms with Crippen LogP contribution in [-0.2, 0) is 11.3 Å². The lowest BCUT2D eigenvalue weighted by Gasteiger charge is -2.06. The molecule has 19 heavy (non-hydrogen) atoms.